The molecule has 0 aliphatic rings. The van der Waals surface area contributed by atoms with Crippen molar-refractivity contribution in [1.29, 1.82) is 0 Å². The maximum Gasteiger partial charge on any atom is 0.472 e. The summed E-state index contributed by atoms with van der Waals surface area (Å²) >= 11 is 3.36. The lowest BCUT2D eigenvalue weighted by molar-refractivity contribution is -0.139. The molecule has 0 aromatic heterocycles. The molecule has 0 aliphatic heterocycles. The van der Waals surface area contributed by atoms with Crippen molar-refractivity contribution in [3.63, 3.8) is 0 Å². The number of phosphoric ester groups is 1. The Hall–Kier alpha value is -0.980. The number of carbonyl (C=O) groups is 1. The molecule has 0 amide bonds. The summed E-state index contributed by atoms with van der Waals surface area (Å²) < 4.78 is 26.0. The molecule has 0 spiro atoms. The Morgan fingerprint density at radius 3 is 2.55 bits per heavy atom. The molecular weight excluding hydrogens is 375 g/mol. The maximum absolute atomic E-state index is 11.7. The van der Waals surface area contributed by atoms with Crippen LogP contribution in [0.3, 0.4) is 0 Å². The Labute approximate surface area is 137 Å². The van der Waals surface area contributed by atoms with E-state index in [1.807, 2.05) is 30.3 Å². The van der Waals surface area contributed by atoms with Crippen LogP contribution >= 0.6 is 23.8 Å². The fourth-order valence-corrected chi connectivity index (χ4v) is 2.72. The summed E-state index contributed by atoms with van der Waals surface area (Å²) in [6.45, 7) is 4.47. The van der Waals surface area contributed by atoms with Gasteiger partial charge in [-0.05, 0) is 12.5 Å². The van der Waals surface area contributed by atoms with E-state index in [1.165, 1.54) is 6.92 Å². The SMILES string of the molecule is C=C(C)C(=O)OCCOP(=O)(O)OCC(Br)c1ccccc1. The second-order valence-corrected chi connectivity index (χ2v) is 6.95. The van der Waals surface area contributed by atoms with Crippen LogP contribution in [0.2, 0.25) is 0 Å². The number of benzene rings is 1. The number of hydrogen-bond acceptors (Lipinski definition) is 5. The van der Waals surface area contributed by atoms with Crippen LogP contribution in [0.5, 0.6) is 0 Å². The first-order valence-corrected chi connectivity index (χ1v) is 8.86. The van der Waals surface area contributed by atoms with Crippen LogP contribution in [0.4, 0.5) is 0 Å². The van der Waals surface area contributed by atoms with E-state index < -0.39 is 13.8 Å². The monoisotopic (exact) mass is 392 g/mol. The molecule has 0 heterocycles. The van der Waals surface area contributed by atoms with Gasteiger partial charge in [0.15, 0.2) is 0 Å². The van der Waals surface area contributed by atoms with E-state index in [0.29, 0.717) is 0 Å². The summed E-state index contributed by atoms with van der Waals surface area (Å²) in [6.07, 6.45) is 0. The fourth-order valence-electron chi connectivity index (χ4n) is 1.37. The smallest absolute Gasteiger partial charge is 0.460 e. The predicted molar refractivity (Wildman–Crippen MR) is 85.6 cm³/mol. The van der Waals surface area contributed by atoms with Crippen molar-refractivity contribution in [2.45, 2.75) is 11.8 Å². The molecule has 2 atom stereocenters. The van der Waals surface area contributed by atoms with Crippen LogP contribution in [-0.4, -0.2) is 30.7 Å². The summed E-state index contributed by atoms with van der Waals surface area (Å²) in [6, 6.07) is 9.31. The predicted octanol–water partition coefficient (Wildman–Crippen LogP) is 3.38. The quantitative estimate of drug-likeness (QED) is 0.228. The van der Waals surface area contributed by atoms with Gasteiger partial charge in [0.05, 0.1) is 18.0 Å². The average molecular weight is 393 g/mol. The van der Waals surface area contributed by atoms with Crippen molar-refractivity contribution in [3.8, 4) is 0 Å². The molecule has 1 aromatic rings. The van der Waals surface area contributed by atoms with Gasteiger partial charge in [0.1, 0.15) is 6.61 Å². The molecule has 0 saturated heterocycles. The van der Waals surface area contributed by atoms with Gasteiger partial charge in [0, 0.05) is 5.57 Å². The van der Waals surface area contributed by atoms with Crippen LogP contribution in [-0.2, 0) is 23.1 Å². The molecule has 8 heteroatoms. The van der Waals surface area contributed by atoms with Gasteiger partial charge in [-0.3, -0.25) is 9.05 Å². The van der Waals surface area contributed by atoms with Crippen LogP contribution < -0.4 is 0 Å². The highest BCUT2D eigenvalue weighted by molar-refractivity contribution is 9.09. The van der Waals surface area contributed by atoms with E-state index >= 15 is 0 Å². The van der Waals surface area contributed by atoms with Gasteiger partial charge in [-0.25, -0.2) is 9.36 Å². The molecule has 2 unspecified atom stereocenters. The van der Waals surface area contributed by atoms with Crippen LogP contribution in [0, 0.1) is 0 Å². The zero-order chi connectivity index (χ0) is 16.6. The molecular formula is C14H18BrO6P. The molecule has 22 heavy (non-hydrogen) atoms. The molecule has 0 saturated carbocycles. The van der Waals surface area contributed by atoms with E-state index in [2.05, 4.69) is 22.5 Å². The third-order valence-corrected chi connectivity index (χ3v) is 4.24. The third-order valence-electron chi connectivity index (χ3n) is 2.46. The molecule has 0 bridgehead atoms. The molecule has 6 nitrogen and oxygen atoms in total. The third kappa shape index (κ3) is 7.33. The first kappa shape index (κ1) is 19.1. The first-order valence-electron chi connectivity index (χ1n) is 6.45. The lowest BCUT2D eigenvalue weighted by Gasteiger charge is -2.15. The number of phosphoric acid groups is 1. The maximum atomic E-state index is 11.7. The number of carbonyl (C=O) groups excluding carboxylic acids is 1. The van der Waals surface area contributed by atoms with Crippen molar-refractivity contribution >= 4 is 29.7 Å². The Morgan fingerprint density at radius 2 is 1.95 bits per heavy atom. The van der Waals surface area contributed by atoms with E-state index in [0.717, 1.165) is 5.56 Å². The first-order chi connectivity index (χ1) is 10.3. The molecule has 1 aromatic carbocycles. The normalized spacial score (nSPS) is 14.9. The van der Waals surface area contributed by atoms with Crippen LogP contribution in [0.15, 0.2) is 42.5 Å². The summed E-state index contributed by atoms with van der Waals surface area (Å²) in [7, 11) is -4.19. The van der Waals surface area contributed by atoms with E-state index in [9.17, 15) is 14.3 Å². The summed E-state index contributed by atoms with van der Waals surface area (Å²) in [4.78, 5) is 20.4. The minimum Gasteiger partial charge on any atom is -0.460 e. The molecule has 0 radical (unpaired) electrons. The largest absolute Gasteiger partial charge is 0.472 e. The average Bonchev–Trinajstić information content (AvgIpc) is 2.50. The molecule has 0 aliphatic carbocycles. The van der Waals surface area contributed by atoms with Crippen molar-refractivity contribution < 1.29 is 28.0 Å². The van der Waals surface area contributed by atoms with Gasteiger partial charge in [-0.2, -0.15) is 0 Å². The van der Waals surface area contributed by atoms with Gasteiger partial charge < -0.3 is 9.63 Å². The Kier molecular flexibility index (Phi) is 8.00. The highest BCUT2D eigenvalue weighted by Crippen LogP contribution is 2.44. The lowest BCUT2D eigenvalue weighted by Crippen LogP contribution is -2.11. The molecule has 1 N–H and O–H groups in total. The summed E-state index contributed by atoms with van der Waals surface area (Å²) in [5.41, 5.74) is 1.16. The number of halogens is 1. The van der Waals surface area contributed by atoms with E-state index in [-0.39, 0.29) is 30.2 Å². The lowest BCUT2D eigenvalue weighted by atomic mass is 10.2. The highest BCUT2D eigenvalue weighted by atomic mass is 79.9. The summed E-state index contributed by atoms with van der Waals surface area (Å²) in [5.74, 6) is -0.582. The van der Waals surface area contributed by atoms with Gasteiger partial charge in [0.2, 0.25) is 0 Å². The minimum atomic E-state index is -4.19. The minimum absolute atomic E-state index is 0.0383. The van der Waals surface area contributed by atoms with Crippen molar-refractivity contribution in [2.24, 2.45) is 0 Å². The van der Waals surface area contributed by atoms with Crippen molar-refractivity contribution in [3.05, 3.63) is 48.0 Å². The van der Waals surface area contributed by atoms with Gasteiger partial charge >= 0.3 is 13.8 Å². The van der Waals surface area contributed by atoms with Gasteiger partial charge in [-0.15, -0.1) is 0 Å². The second-order valence-electron chi connectivity index (χ2n) is 4.39. The zero-order valence-electron chi connectivity index (χ0n) is 12.1. The van der Waals surface area contributed by atoms with Crippen molar-refractivity contribution in [1.82, 2.24) is 0 Å². The van der Waals surface area contributed by atoms with Gasteiger partial charge in [0.25, 0.3) is 0 Å². The second kappa shape index (κ2) is 9.22. The van der Waals surface area contributed by atoms with Crippen LogP contribution in [0.25, 0.3) is 0 Å². The molecule has 0 fully saturated rings. The van der Waals surface area contributed by atoms with Crippen molar-refractivity contribution in [2.75, 3.05) is 19.8 Å². The number of ether oxygens (including phenoxy) is 1. The zero-order valence-corrected chi connectivity index (χ0v) is 14.6. The Morgan fingerprint density at radius 1 is 1.32 bits per heavy atom. The Bertz CT molecular complexity index is 548. The molecule has 1 rings (SSSR count). The molecule has 122 valence electrons. The Balaban J connectivity index is 2.30. The van der Waals surface area contributed by atoms with E-state index in [4.69, 9.17) is 13.8 Å². The highest BCUT2D eigenvalue weighted by Gasteiger charge is 2.23. The number of rotatable bonds is 9. The van der Waals surface area contributed by atoms with E-state index in [1.54, 1.807) is 0 Å². The summed E-state index contributed by atoms with van der Waals surface area (Å²) in [5, 5.41) is 0. The fraction of sp³-hybridized carbons (Fsp3) is 0.357. The standard InChI is InChI=1S/C14H18BrO6P/c1-11(2)14(16)19-8-9-20-22(17,18)21-10-13(15)12-6-4-3-5-7-12/h3-7,13H,1,8-10H2,2H3,(H,17,18). The topological polar surface area (TPSA) is 82.1 Å². The van der Waals surface area contributed by atoms with Crippen LogP contribution in [0.1, 0.15) is 17.3 Å². The number of esters is 1. The number of alkyl halides is 1. The van der Waals surface area contributed by atoms with Gasteiger partial charge in [-0.1, -0.05) is 52.8 Å². The number of hydrogen-bond donors (Lipinski definition) is 1.